The topological polar surface area (TPSA) is 9.23 Å². The third kappa shape index (κ3) is 1.59. The van der Waals surface area contributed by atoms with E-state index in [4.69, 9.17) is 0 Å². The highest BCUT2D eigenvalue weighted by molar-refractivity contribution is 14.1. The average Bonchev–Trinajstić information content (AvgIpc) is 2.13. The molecule has 0 bridgehead atoms. The van der Waals surface area contributed by atoms with Gasteiger partial charge in [0.25, 0.3) is 0 Å². The zero-order chi connectivity index (χ0) is 10.2. The molecular weight excluding hydrogens is 303 g/mol. The SMILES string of the molecule is COc1c(F)c(F)c(I)c(F)c1F. The van der Waals surface area contributed by atoms with Crippen LogP contribution in [0.5, 0.6) is 5.75 Å². The van der Waals surface area contributed by atoms with Crippen molar-refractivity contribution in [2.24, 2.45) is 0 Å². The second-order valence-corrected chi connectivity index (χ2v) is 3.18. The lowest BCUT2D eigenvalue weighted by molar-refractivity contribution is 0.330. The summed E-state index contributed by atoms with van der Waals surface area (Å²) >= 11 is 1.17. The van der Waals surface area contributed by atoms with Gasteiger partial charge in [0, 0.05) is 0 Å². The lowest BCUT2D eigenvalue weighted by Gasteiger charge is -2.06. The van der Waals surface area contributed by atoms with Crippen molar-refractivity contribution in [2.45, 2.75) is 0 Å². The van der Waals surface area contributed by atoms with Crippen LogP contribution in [-0.2, 0) is 0 Å². The molecule has 1 nitrogen and oxygen atoms in total. The predicted molar refractivity (Wildman–Crippen MR) is 45.5 cm³/mol. The molecule has 0 fully saturated rings. The number of halogens is 5. The fourth-order valence-electron chi connectivity index (χ4n) is 0.764. The quantitative estimate of drug-likeness (QED) is 0.335. The minimum absolute atomic E-state index is 0.728. The smallest absolute Gasteiger partial charge is 0.205 e. The van der Waals surface area contributed by atoms with Gasteiger partial charge >= 0.3 is 0 Å². The lowest BCUT2D eigenvalue weighted by atomic mass is 10.3. The molecule has 0 spiro atoms. The molecule has 0 aliphatic heterocycles. The molecule has 0 amide bonds. The molecule has 13 heavy (non-hydrogen) atoms. The summed E-state index contributed by atoms with van der Waals surface area (Å²) in [5.74, 6) is -6.99. The van der Waals surface area contributed by atoms with Crippen molar-refractivity contribution in [3.63, 3.8) is 0 Å². The van der Waals surface area contributed by atoms with Crippen LogP contribution < -0.4 is 4.74 Å². The molecule has 0 aliphatic rings. The van der Waals surface area contributed by atoms with Crippen LogP contribution in [0.1, 0.15) is 0 Å². The Bertz CT molecular complexity index is 324. The van der Waals surface area contributed by atoms with E-state index in [-0.39, 0.29) is 0 Å². The van der Waals surface area contributed by atoms with Crippen molar-refractivity contribution in [1.29, 1.82) is 0 Å². The van der Waals surface area contributed by atoms with Gasteiger partial charge in [-0.2, -0.15) is 8.78 Å². The summed E-state index contributed by atoms with van der Waals surface area (Å²) in [6, 6.07) is 0. The van der Waals surface area contributed by atoms with Gasteiger partial charge in [0.1, 0.15) is 0 Å². The molecule has 1 aromatic carbocycles. The van der Waals surface area contributed by atoms with Crippen molar-refractivity contribution in [1.82, 2.24) is 0 Å². The maximum atomic E-state index is 12.8. The number of methoxy groups -OCH3 is 1. The van der Waals surface area contributed by atoms with Crippen molar-refractivity contribution < 1.29 is 22.3 Å². The van der Waals surface area contributed by atoms with E-state index in [1.807, 2.05) is 0 Å². The summed E-state index contributed by atoms with van der Waals surface area (Å²) in [6.45, 7) is 0. The first-order valence-corrected chi connectivity index (χ1v) is 4.14. The predicted octanol–water partition coefficient (Wildman–Crippen LogP) is 2.86. The minimum atomic E-state index is -1.52. The maximum absolute atomic E-state index is 12.8. The van der Waals surface area contributed by atoms with Gasteiger partial charge in [0.05, 0.1) is 10.7 Å². The van der Waals surface area contributed by atoms with E-state index in [0.717, 1.165) is 7.11 Å². The molecule has 1 rings (SSSR count). The number of benzene rings is 1. The van der Waals surface area contributed by atoms with Crippen LogP contribution in [0.2, 0.25) is 0 Å². The van der Waals surface area contributed by atoms with Crippen LogP contribution in [0.25, 0.3) is 0 Å². The third-order valence-electron chi connectivity index (χ3n) is 1.37. The largest absolute Gasteiger partial charge is 0.491 e. The van der Waals surface area contributed by atoms with E-state index in [2.05, 4.69) is 4.74 Å². The molecule has 0 atom stereocenters. The highest BCUT2D eigenvalue weighted by Crippen LogP contribution is 2.30. The molecule has 6 heteroatoms. The molecule has 72 valence electrons. The molecule has 0 saturated heterocycles. The van der Waals surface area contributed by atoms with E-state index in [1.165, 1.54) is 22.6 Å². The van der Waals surface area contributed by atoms with E-state index >= 15 is 0 Å². The van der Waals surface area contributed by atoms with Gasteiger partial charge in [0.2, 0.25) is 11.6 Å². The molecule has 0 heterocycles. The van der Waals surface area contributed by atoms with Gasteiger partial charge in [-0.05, 0) is 22.6 Å². The van der Waals surface area contributed by atoms with E-state index in [0.29, 0.717) is 0 Å². The minimum Gasteiger partial charge on any atom is -0.491 e. The van der Waals surface area contributed by atoms with Crippen molar-refractivity contribution in [2.75, 3.05) is 7.11 Å². The summed E-state index contributed by atoms with van der Waals surface area (Å²) in [5.41, 5.74) is 0. The fourth-order valence-corrected chi connectivity index (χ4v) is 1.24. The molecule has 0 saturated carbocycles. The maximum Gasteiger partial charge on any atom is 0.205 e. The van der Waals surface area contributed by atoms with Crippen LogP contribution in [0.4, 0.5) is 17.6 Å². The van der Waals surface area contributed by atoms with Crippen LogP contribution in [0.3, 0.4) is 0 Å². The monoisotopic (exact) mass is 306 g/mol. The van der Waals surface area contributed by atoms with E-state index in [9.17, 15) is 17.6 Å². The number of rotatable bonds is 1. The molecular formula is C7H3F4IO. The first kappa shape index (κ1) is 10.6. The average molecular weight is 306 g/mol. The number of hydrogen-bond acceptors (Lipinski definition) is 1. The van der Waals surface area contributed by atoms with Gasteiger partial charge in [-0.1, -0.05) is 0 Å². The van der Waals surface area contributed by atoms with Crippen LogP contribution >= 0.6 is 22.6 Å². The summed E-state index contributed by atoms with van der Waals surface area (Å²) in [4.78, 5) is 0. The molecule has 0 aliphatic carbocycles. The molecule has 1 aromatic rings. The summed E-state index contributed by atoms with van der Waals surface area (Å²) in [5, 5.41) is 0. The standard InChI is InChI=1S/C7H3F4IO/c1-13-7-4(10)2(8)6(12)3(9)5(7)11/h1H3. The Morgan fingerprint density at radius 2 is 1.31 bits per heavy atom. The van der Waals surface area contributed by atoms with Crippen LogP contribution in [0.15, 0.2) is 0 Å². The van der Waals surface area contributed by atoms with E-state index < -0.39 is 32.6 Å². The zero-order valence-corrected chi connectivity index (χ0v) is 8.46. The zero-order valence-electron chi connectivity index (χ0n) is 6.30. The Morgan fingerprint density at radius 1 is 0.923 bits per heavy atom. The Hall–Kier alpha value is -0.530. The number of hydrogen-bond donors (Lipinski definition) is 0. The normalized spacial score (nSPS) is 10.3. The highest BCUT2D eigenvalue weighted by atomic mass is 127. The fraction of sp³-hybridized carbons (Fsp3) is 0.143. The van der Waals surface area contributed by atoms with E-state index in [1.54, 1.807) is 0 Å². The van der Waals surface area contributed by atoms with Gasteiger partial charge in [-0.15, -0.1) is 0 Å². The molecule has 0 unspecified atom stereocenters. The highest BCUT2D eigenvalue weighted by Gasteiger charge is 2.24. The Kier molecular flexibility index (Phi) is 2.99. The Labute approximate surface area is 84.8 Å². The lowest BCUT2D eigenvalue weighted by Crippen LogP contribution is -2.03. The van der Waals surface area contributed by atoms with Crippen molar-refractivity contribution in [3.8, 4) is 5.75 Å². The summed E-state index contributed by atoms with van der Waals surface area (Å²) < 4.78 is 54.5. The van der Waals surface area contributed by atoms with Gasteiger partial charge < -0.3 is 4.74 Å². The first-order valence-electron chi connectivity index (χ1n) is 3.06. The number of ether oxygens (including phenoxy) is 1. The Morgan fingerprint density at radius 3 is 1.62 bits per heavy atom. The second-order valence-electron chi connectivity index (χ2n) is 2.10. The van der Waals surface area contributed by atoms with Gasteiger partial charge in [-0.25, -0.2) is 8.78 Å². The third-order valence-corrected chi connectivity index (χ3v) is 2.32. The molecule has 0 N–H and O–H groups in total. The summed E-state index contributed by atoms with van der Waals surface area (Å²) in [6.07, 6.45) is 0. The first-order chi connectivity index (χ1) is 6.00. The van der Waals surface area contributed by atoms with Gasteiger partial charge in [0.15, 0.2) is 17.4 Å². The van der Waals surface area contributed by atoms with Crippen LogP contribution in [0, 0.1) is 26.8 Å². The molecule has 0 aromatic heterocycles. The van der Waals surface area contributed by atoms with Crippen LogP contribution in [-0.4, -0.2) is 7.11 Å². The Balaban J connectivity index is 3.56. The van der Waals surface area contributed by atoms with Crippen molar-refractivity contribution >= 4 is 22.6 Å². The second kappa shape index (κ2) is 3.69. The van der Waals surface area contributed by atoms with Crippen molar-refractivity contribution in [3.05, 3.63) is 26.8 Å². The molecule has 0 radical (unpaired) electrons. The summed E-state index contributed by atoms with van der Waals surface area (Å²) in [7, 11) is 0.924. The van der Waals surface area contributed by atoms with Gasteiger partial charge in [-0.3, -0.25) is 0 Å².